The van der Waals surface area contributed by atoms with E-state index in [1.54, 1.807) is 19.2 Å². The van der Waals surface area contributed by atoms with Crippen molar-refractivity contribution in [1.82, 2.24) is 10.0 Å². The molecule has 0 spiro atoms. The lowest BCUT2D eigenvalue weighted by molar-refractivity contribution is -0.123. The molecule has 9 heteroatoms. The number of halogens is 1. The first-order valence-corrected chi connectivity index (χ1v) is 12.4. The van der Waals surface area contributed by atoms with Gasteiger partial charge in [-0.2, -0.15) is 4.72 Å². The summed E-state index contributed by atoms with van der Waals surface area (Å²) in [6.45, 7) is 1.83. The molecule has 0 saturated carbocycles. The van der Waals surface area contributed by atoms with Crippen LogP contribution in [0.4, 0.5) is 0 Å². The van der Waals surface area contributed by atoms with Gasteiger partial charge < -0.3 is 14.8 Å². The van der Waals surface area contributed by atoms with Crippen LogP contribution in [0, 0.1) is 0 Å². The van der Waals surface area contributed by atoms with E-state index in [9.17, 15) is 13.2 Å². The Kier molecular flexibility index (Phi) is 8.55. The fourth-order valence-corrected chi connectivity index (χ4v) is 5.07. The highest BCUT2D eigenvalue weighted by molar-refractivity contribution is 7.89. The number of ether oxygens (including phenoxy) is 2. The van der Waals surface area contributed by atoms with Gasteiger partial charge in [-0.25, -0.2) is 8.42 Å². The molecule has 1 amide bonds. The third-order valence-corrected chi connectivity index (χ3v) is 7.01. The fraction of sp³-hybridized carbons (Fsp3) is 0.240. The molecule has 3 aromatic rings. The highest BCUT2D eigenvalue weighted by atomic mass is 35.5. The first-order chi connectivity index (χ1) is 16.2. The van der Waals surface area contributed by atoms with Crippen molar-refractivity contribution in [3.05, 3.63) is 88.9 Å². The number of hydrogen-bond acceptors (Lipinski definition) is 5. The Balaban J connectivity index is 1.87. The Bertz CT molecular complexity index is 1220. The summed E-state index contributed by atoms with van der Waals surface area (Å²) in [5.74, 6) is 0.367. The predicted molar refractivity (Wildman–Crippen MR) is 132 cm³/mol. The summed E-state index contributed by atoms with van der Waals surface area (Å²) >= 11 is 6.03. The van der Waals surface area contributed by atoms with Gasteiger partial charge in [-0.3, -0.25) is 4.79 Å². The van der Waals surface area contributed by atoms with Crippen molar-refractivity contribution in [3.63, 3.8) is 0 Å². The van der Waals surface area contributed by atoms with Crippen LogP contribution < -0.4 is 19.5 Å². The van der Waals surface area contributed by atoms with Gasteiger partial charge in [-0.1, -0.05) is 54.1 Å². The number of amides is 1. The molecule has 34 heavy (non-hydrogen) atoms. The summed E-state index contributed by atoms with van der Waals surface area (Å²) in [7, 11) is -1.19. The largest absolute Gasteiger partial charge is 0.497 e. The van der Waals surface area contributed by atoms with Gasteiger partial charge >= 0.3 is 0 Å². The molecule has 7 nitrogen and oxygen atoms in total. The van der Waals surface area contributed by atoms with Crippen molar-refractivity contribution in [2.24, 2.45) is 0 Å². The highest BCUT2D eigenvalue weighted by Crippen LogP contribution is 2.27. The predicted octanol–water partition coefficient (Wildman–Crippen LogP) is 4.12. The van der Waals surface area contributed by atoms with Crippen molar-refractivity contribution in [3.8, 4) is 11.5 Å². The summed E-state index contributed by atoms with van der Waals surface area (Å²) in [6, 6.07) is 19.3. The minimum absolute atomic E-state index is 0.127. The summed E-state index contributed by atoms with van der Waals surface area (Å²) in [5.41, 5.74) is 1.66. The molecule has 0 heterocycles. The highest BCUT2D eigenvalue weighted by Gasteiger charge is 2.29. The first-order valence-electron chi connectivity index (χ1n) is 10.6. The van der Waals surface area contributed by atoms with Crippen LogP contribution in [0.5, 0.6) is 11.5 Å². The average Bonchev–Trinajstić information content (AvgIpc) is 2.84. The van der Waals surface area contributed by atoms with Gasteiger partial charge in [0.2, 0.25) is 15.9 Å². The molecule has 0 unspecified atom stereocenters. The van der Waals surface area contributed by atoms with Crippen LogP contribution in [0.1, 0.15) is 24.1 Å². The topological polar surface area (TPSA) is 93.7 Å². The Labute approximate surface area is 205 Å². The van der Waals surface area contributed by atoms with Gasteiger partial charge in [0, 0.05) is 5.02 Å². The molecule has 2 atom stereocenters. The molecule has 3 aromatic carbocycles. The van der Waals surface area contributed by atoms with E-state index < -0.39 is 22.0 Å². The molecule has 0 aromatic heterocycles. The molecule has 0 aliphatic carbocycles. The number of hydrogen-bond donors (Lipinski definition) is 2. The number of carbonyl (C=O) groups is 1. The van der Waals surface area contributed by atoms with E-state index in [4.69, 9.17) is 21.1 Å². The van der Waals surface area contributed by atoms with Gasteiger partial charge in [0.15, 0.2) is 0 Å². The zero-order valence-corrected chi connectivity index (χ0v) is 20.7. The number of sulfonamides is 1. The monoisotopic (exact) mass is 502 g/mol. The zero-order valence-electron chi connectivity index (χ0n) is 19.1. The maximum absolute atomic E-state index is 13.3. The quantitative estimate of drug-likeness (QED) is 0.435. The number of benzene rings is 3. The van der Waals surface area contributed by atoms with Crippen molar-refractivity contribution in [1.29, 1.82) is 0 Å². The van der Waals surface area contributed by atoms with E-state index in [2.05, 4.69) is 10.0 Å². The maximum Gasteiger partial charge on any atom is 0.245 e. The smallest absolute Gasteiger partial charge is 0.245 e. The lowest BCUT2D eigenvalue weighted by atomic mass is 10.0. The number of rotatable bonds is 10. The van der Waals surface area contributed by atoms with Gasteiger partial charge in [0.25, 0.3) is 0 Å². The summed E-state index contributed by atoms with van der Waals surface area (Å²) < 4.78 is 39.4. The van der Waals surface area contributed by atoms with E-state index in [0.717, 1.165) is 11.1 Å². The van der Waals surface area contributed by atoms with Crippen molar-refractivity contribution in [2.45, 2.75) is 30.3 Å². The average molecular weight is 503 g/mol. The standard InChI is InChI=1S/C25H27ClN2O5S/c1-17(19-9-12-21(32-2)13-10-19)27-25(29)22(15-18-7-5-4-6-8-18)28-34(30,31)24-16-20(26)11-14-23(24)33-3/h4-14,16-17,22,28H,15H2,1-3H3,(H,27,29)/t17-,22+/m0/s1. The molecule has 180 valence electrons. The van der Waals surface area contributed by atoms with Gasteiger partial charge in [0.05, 0.1) is 20.3 Å². The van der Waals surface area contributed by atoms with E-state index >= 15 is 0 Å². The Morgan fingerprint density at radius 3 is 2.26 bits per heavy atom. The van der Waals surface area contributed by atoms with Crippen molar-refractivity contribution < 1.29 is 22.7 Å². The molecular formula is C25H27ClN2O5S. The second-order valence-corrected chi connectivity index (χ2v) is 9.78. The summed E-state index contributed by atoms with van der Waals surface area (Å²) in [4.78, 5) is 13.1. The van der Waals surface area contributed by atoms with Crippen molar-refractivity contribution >= 4 is 27.5 Å². The molecule has 0 radical (unpaired) electrons. The Hall–Kier alpha value is -3.07. The Morgan fingerprint density at radius 2 is 1.65 bits per heavy atom. The second kappa shape index (κ2) is 11.4. The normalized spacial score (nSPS) is 13.1. The molecule has 2 N–H and O–H groups in total. The first kappa shape index (κ1) is 25.6. The van der Waals surface area contributed by atoms with Crippen LogP contribution in [0.25, 0.3) is 0 Å². The second-order valence-electron chi connectivity index (χ2n) is 7.66. The molecule has 0 aliphatic heterocycles. The molecule has 0 saturated heterocycles. The molecule has 0 fully saturated rings. The van der Waals surface area contributed by atoms with Crippen LogP contribution in [-0.2, 0) is 21.2 Å². The van der Waals surface area contributed by atoms with E-state index in [0.29, 0.717) is 5.75 Å². The molecule has 3 rings (SSSR count). The number of methoxy groups -OCH3 is 2. The SMILES string of the molecule is COc1ccc([C@H](C)NC(=O)[C@@H](Cc2ccccc2)NS(=O)(=O)c2cc(Cl)ccc2OC)cc1. The van der Waals surface area contributed by atoms with E-state index in [1.165, 1.54) is 25.3 Å². The molecule has 0 bridgehead atoms. The lowest BCUT2D eigenvalue weighted by Gasteiger charge is -2.22. The van der Waals surface area contributed by atoms with Crippen LogP contribution in [0.15, 0.2) is 77.7 Å². The molecular weight excluding hydrogens is 476 g/mol. The fourth-order valence-electron chi connectivity index (χ4n) is 3.44. The van der Waals surface area contributed by atoms with E-state index in [1.807, 2.05) is 49.4 Å². The van der Waals surface area contributed by atoms with Crippen LogP contribution in [0.3, 0.4) is 0 Å². The lowest BCUT2D eigenvalue weighted by Crippen LogP contribution is -2.48. The zero-order chi connectivity index (χ0) is 24.7. The van der Waals surface area contributed by atoms with Gasteiger partial charge in [0.1, 0.15) is 22.4 Å². The minimum atomic E-state index is -4.14. The van der Waals surface area contributed by atoms with Crippen molar-refractivity contribution in [2.75, 3.05) is 14.2 Å². The third-order valence-electron chi connectivity index (χ3n) is 5.29. The number of nitrogens with one attached hydrogen (secondary N) is 2. The van der Waals surface area contributed by atoms with Crippen LogP contribution >= 0.6 is 11.6 Å². The molecule has 0 aliphatic rings. The maximum atomic E-state index is 13.3. The Morgan fingerprint density at radius 1 is 0.971 bits per heavy atom. The third kappa shape index (κ3) is 6.50. The van der Waals surface area contributed by atoms with Gasteiger partial charge in [-0.05, 0) is 54.8 Å². The van der Waals surface area contributed by atoms with Gasteiger partial charge in [-0.15, -0.1) is 0 Å². The summed E-state index contributed by atoms with van der Waals surface area (Å²) in [6.07, 6.45) is 0.157. The van der Waals surface area contributed by atoms with E-state index in [-0.39, 0.29) is 28.1 Å². The van der Waals surface area contributed by atoms with Crippen LogP contribution in [0.2, 0.25) is 5.02 Å². The number of carbonyl (C=O) groups excluding carboxylic acids is 1. The summed E-state index contributed by atoms with van der Waals surface area (Å²) in [5, 5.41) is 3.14. The minimum Gasteiger partial charge on any atom is -0.497 e. The van der Waals surface area contributed by atoms with Crippen LogP contribution in [-0.4, -0.2) is 34.6 Å².